The predicted molar refractivity (Wildman–Crippen MR) is 102 cm³/mol. The predicted octanol–water partition coefficient (Wildman–Crippen LogP) is 4.97. The van der Waals surface area contributed by atoms with Gasteiger partial charge in [0.15, 0.2) is 6.10 Å². The summed E-state index contributed by atoms with van der Waals surface area (Å²) in [6.07, 6.45) is -0.274. The number of rotatable bonds is 7. The average molecular weight is 396 g/mol. The molecule has 0 aliphatic rings. The Morgan fingerprint density at radius 1 is 1.08 bits per heavy atom. The van der Waals surface area contributed by atoms with Gasteiger partial charge in [-0.05, 0) is 43.7 Å². The Balaban J connectivity index is 2.09. The molecule has 5 nitrogen and oxygen atoms in total. The van der Waals surface area contributed by atoms with Gasteiger partial charge < -0.3 is 14.8 Å². The standard InChI is InChI=1S/C19H19Cl2NO4/c1-3-16(26-17-8-6-5-7-14(17)20)18(23)22-12-9-10-13(15(21)11-12)19(24)25-4-2/h5-11,16H,3-4H2,1-2H3,(H,22,23)/t16-/m1/s1. The van der Waals surface area contributed by atoms with E-state index in [4.69, 9.17) is 32.7 Å². The molecule has 0 unspecified atom stereocenters. The number of anilines is 1. The molecule has 1 N–H and O–H groups in total. The first kappa shape index (κ1) is 20.1. The molecular formula is C19H19Cl2NO4. The van der Waals surface area contributed by atoms with Gasteiger partial charge in [0.1, 0.15) is 5.75 Å². The van der Waals surface area contributed by atoms with Gasteiger partial charge in [0, 0.05) is 5.69 Å². The lowest BCUT2D eigenvalue weighted by molar-refractivity contribution is -0.122. The van der Waals surface area contributed by atoms with E-state index in [1.54, 1.807) is 37.3 Å². The average Bonchev–Trinajstić information content (AvgIpc) is 2.61. The van der Waals surface area contributed by atoms with Crippen LogP contribution in [0.1, 0.15) is 30.6 Å². The van der Waals surface area contributed by atoms with Crippen LogP contribution in [0.15, 0.2) is 42.5 Å². The molecule has 0 saturated carbocycles. The van der Waals surface area contributed by atoms with Crippen molar-refractivity contribution in [3.05, 3.63) is 58.1 Å². The summed E-state index contributed by atoms with van der Waals surface area (Å²) >= 11 is 12.2. The van der Waals surface area contributed by atoms with Gasteiger partial charge in [-0.15, -0.1) is 0 Å². The first-order valence-corrected chi connectivity index (χ1v) is 8.90. The minimum absolute atomic E-state index is 0.196. The van der Waals surface area contributed by atoms with Crippen molar-refractivity contribution in [2.45, 2.75) is 26.4 Å². The fourth-order valence-corrected chi connectivity index (χ4v) is 2.64. The van der Waals surface area contributed by atoms with E-state index in [0.717, 1.165) is 0 Å². The highest BCUT2D eigenvalue weighted by Gasteiger charge is 2.20. The quantitative estimate of drug-likeness (QED) is 0.672. The monoisotopic (exact) mass is 395 g/mol. The molecule has 26 heavy (non-hydrogen) atoms. The lowest BCUT2D eigenvalue weighted by Gasteiger charge is -2.18. The zero-order valence-electron chi connectivity index (χ0n) is 14.4. The summed E-state index contributed by atoms with van der Waals surface area (Å²) in [6, 6.07) is 11.5. The van der Waals surface area contributed by atoms with Crippen LogP contribution in [0.5, 0.6) is 5.75 Å². The molecule has 0 aliphatic heterocycles. The fourth-order valence-electron chi connectivity index (χ4n) is 2.21. The molecule has 2 aromatic carbocycles. The lowest BCUT2D eigenvalue weighted by Crippen LogP contribution is -2.32. The van der Waals surface area contributed by atoms with Crippen LogP contribution in [0.25, 0.3) is 0 Å². The van der Waals surface area contributed by atoms with E-state index in [0.29, 0.717) is 22.9 Å². The van der Waals surface area contributed by atoms with Crippen molar-refractivity contribution in [3.63, 3.8) is 0 Å². The van der Waals surface area contributed by atoms with E-state index in [1.807, 2.05) is 6.92 Å². The van der Waals surface area contributed by atoms with Crippen molar-refractivity contribution in [3.8, 4) is 5.75 Å². The molecule has 138 valence electrons. The molecule has 0 bridgehead atoms. The highest BCUT2D eigenvalue weighted by atomic mass is 35.5. The van der Waals surface area contributed by atoms with Crippen LogP contribution in [0.4, 0.5) is 5.69 Å². The molecule has 0 spiro atoms. The first-order chi connectivity index (χ1) is 12.5. The molecule has 1 atom stereocenters. The summed E-state index contributed by atoms with van der Waals surface area (Å²) in [6.45, 7) is 3.80. The van der Waals surface area contributed by atoms with Crippen LogP contribution in [-0.4, -0.2) is 24.6 Å². The maximum Gasteiger partial charge on any atom is 0.339 e. The Labute approximate surface area is 162 Å². The SMILES string of the molecule is CCOC(=O)c1ccc(NC(=O)[C@@H](CC)Oc2ccccc2Cl)cc1Cl. The summed E-state index contributed by atoms with van der Waals surface area (Å²) < 4.78 is 10.6. The minimum atomic E-state index is -0.724. The van der Waals surface area contributed by atoms with Crippen LogP contribution < -0.4 is 10.1 Å². The molecular weight excluding hydrogens is 377 g/mol. The topological polar surface area (TPSA) is 64.6 Å². The van der Waals surface area contributed by atoms with Gasteiger partial charge in [-0.2, -0.15) is 0 Å². The Hall–Kier alpha value is -2.24. The van der Waals surface area contributed by atoms with Crippen molar-refractivity contribution in [1.82, 2.24) is 0 Å². The first-order valence-electron chi connectivity index (χ1n) is 8.15. The van der Waals surface area contributed by atoms with E-state index in [9.17, 15) is 9.59 Å². The van der Waals surface area contributed by atoms with E-state index in [-0.39, 0.29) is 23.1 Å². The number of nitrogens with one attached hydrogen (secondary N) is 1. The molecule has 0 saturated heterocycles. The van der Waals surface area contributed by atoms with Crippen molar-refractivity contribution < 1.29 is 19.1 Å². The van der Waals surface area contributed by atoms with Gasteiger partial charge in [0.25, 0.3) is 5.91 Å². The number of carbonyl (C=O) groups excluding carboxylic acids is 2. The van der Waals surface area contributed by atoms with E-state index in [1.165, 1.54) is 12.1 Å². The minimum Gasteiger partial charge on any atom is -0.479 e. The van der Waals surface area contributed by atoms with Crippen LogP contribution in [0.2, 0.25) is 10.0 Å². The summed E-state index contributed by atoms with van der Waals surface area (Å²) in [5.41, 5.74) is 0.695. The molecule has 2 aromatic rings. The number of hydrogen-bond acceptors (Lipinski definition) is 4. The molecule has 0 radical (unpaired) electrons. The summed E-state index contributed by atoms with van der Waals surface area (Å²) in [5, 5.41) is 3.35. The van der Waals surface area contributed by atoms with Crippen molar-refractivity contribution in [2.75, 3.05) is 11.9 Å². The highest BCUT2D eigenvalue weighted by Crippen LogP contribution is 2.26. The third-order valence-corrected chi connectivity index (χ3v) is 4.13. The summed E-state index contributed by atoms with van der Waals surface area (Å²) in [4.78, 5) is 24.2. The smallest absolute Gasteiger partial charge is 0.339 e. The largest absolute Gasteiger partial charge is 0.479 e. The third kappa shape index (κ3) is 5.13. The van der Waals surface area contributed by atoms with E-state index >= 15 is 0 Å². The Kier molecular flexibility index (Phi) is 7.30. The van der Waals surface area contributed by atoms with Gasteiger partial charge in [0.05, 0.1) is 22.2 Å². The van der Waals surface area contributed by atoms with Gasteiger partial charge >= 0.3 is 5.97 Å². The third-order valence-electron chi connectivity index (χ3n) is 3.50. The second kappa shape index (κ2) is 9.46. The molecule has 0 heterocycles. The van der Waals surface area contributed by atoms with Gasteiger partial charge in [-0.3, -0.25) is 4.79 Å². The summed E-state index contributed by atoms with van der Waals surface area (Å²) in [5.74, 6) is -0.414. The maximum atomic E-state index is 12.5. The van der Waals surface area contributed by atoms with E-state index in [2.05, 4.69) is 5.32 Å². The van der Waals surface area contributed by atoms with Crippen molar-refractivity contribution in [1.29, 1.82) is 0 Å². The number of para-hydroxylation sites is 1. The Morgan fingerprint density at radius 3 is 2.42 bits per heavy atom. The molecule has 0 fully saturated rings. The highest BCUT2D eigenvalue weighted by molar-refractivity contribution is 6.34. The number of benzene rings is 2. The van der Waals surface area contributed by atoms with Gasteiger partial charge in [-0.1, -0.05) is 42.3 Å². The second-order valence-electron chi connectivity index (χ2n) is 5.35. The zero-order chi connectivity index (χ0) is 19.1. The van der Waals surface area contributed by atoms with Crippen molar-refractivity contribution >= 4 is 40.8 Å². The fraction of sp³-hybridized carbons (Fsp3) is 0.263. The number of ether oxygens (including phenoxy) is 2. The summed E-state index contributed by atoms with van der Waals surface area (Å²) in [7, 11) is 0. The van der Waals surface area contributed by atoms with Gasteiger partial charge in [-0.25, -0.2) is 4.79 Å². The lowest BCUT2D eigenvalue weighted by atomic mass is 10.2. The molecule has 2 rings (SSSR count). The molecule has 7 heteroatoms. The number of amides is 1. The number of hydrogen-bond donors (Lipinski definition) is 1. The second-order valence-corrected chi connectivity index (χ2v) is 6.16. The van der Waals surface area contributed by atoms with Crippen molar-refractivity contribution in [2.24, 2.45) is 0 Å². The number of esters is 1. The normalized spacial score (nSPS) is 11.5. The van der Waals surface area contributed by atoms with E-state index < -0.39 is 12.1 Å². The number of halogens is 2. The Bertz CT molecular complexity index is 795. The van der Waals surface area contributed by atoms with Gasteiger partial charge in [0.2, 0.25) is 0 Å². The maximum absolute atomic E-state index is 12.5. The van der Waals surface area contributed by atoms with Crippen LogP contribution in [-0.2, 0) is 9.53 Å². The van der Waals surface area contributed by atoms with Crippen LogP contribution >= 0.6 is 23.2 Å². The van der Waals surface area contributed by atoms with Crippen LogP contribution in [0, 0.1) is 0 Å². The zero-order valence-corrected chi connectivity index (χ0v) is 15.9. The number of carbonyl (C=O) groups is 2. The van der Waals surface area contributed by atoms with Crippen LogP contribution in [0.3, 0.4) is 0 Å². The molecule has 1 amide bonds. The molecule has 0 aliphatic carbocycles. The Morgan fingerprint density at radius 2 is 1.81 bits per heavy atom. The molecule has 0 aromatic heterocycles.